The van der Waals surface area contributed by atoms with Crippen molar-refractivity contribution in [2.75, 3.05) is 24.5 Å². The van der Waals surface area contributed by atoms with Crippen LogP contribution < -0.4 is 20.1 Å². The van der Waals surface area contributed by atoms with E-state index in [0.29, 0.717) is 29.8 Å². The van der Waals surface area contributed by atoms with Crippen molar-refractivity contribution in [1.82, 2.24) is 9.88 Å². The van der Waals surface area contributed by atoms with Crippen molar-refractivity contribution in [3.63, 3.8) is 0 Å². The van der Waals surface area contributed by atoms with Crippen LogP contribution in [0.25, 0.3) is 0 Å². The van der Waals surface area contributed by atoms with Crippen LogP contribution in [-0.2, 0) is 4.79 Å². The smallest absolute Gasteiger partial charge is 0.254 e. The monoisotopic (exact) mass is 610 g/mol. The number of anilines is 1. The number of aromatic nitrogens is 1. The summed E-state index contributed by atoms with van der Waals surface area (Å²) in [7, 11) is 0. The summed E-state index contributed by atoms with van der Waals surface area (Å²) in [4.78, 5) is 34.7. The average molecular weight is 611 g/mol. The number of rotatable bonds is 7. The van der Waals surface area contributed by atoms with E-state index in [1.54, 1.807) is 18.2 Å². The number of fused-ring (bicyclic) bond motifs is 3. The maximum atomic E-state index is 13.1. The molecule has 3 aromatic rings. The highest BCUT2D eigenvalue weighted by atomic mass is 16.5. The first-order chi connectivity index (χ1) is 22.0. The quantitative estimate of drug-likeness (QED) is 0.273. The molecule has 2 atom stereocenters. The number of benzene rings is 2. The Morgan fingerprint density at radius 1 is 0.756 bits per heavy atom. The number of nitrogens with zero attached hydrogens (tertiary/aromatic N) is 3. The van der Waals surface area contributed by atoms with Crippen LogP contribution in [0, 0.1) is 5.92 Å². The van der Waals surface area contributed by atoms with E-state index in [-0.39, 0.29) is 23.4 Å². The van der Waals surface area contributed by atoms with Crippen LogP contribution >= 0.6 is 0 Å². The second-order valence-electron chi connectivity index (χ2n) is 12.2. The minimum absolute atomic E-state index is 0.0107. The first-order valence-corrected chi connectivity index (χ1v) is 16.5. The zero-order valence-electron chi connectivity index (χ0n) is 26.2. The molecule has 238 valence electrons. The van der Waals surface area contributed by atoms with Gasteiger partial charge in [0.2, 0.25) is 11.8 Å². The zero-order chi connectivity index (χ0) is 31.4. The Hall–Kier alpha value is -4.33. The SMILES string of the molecule is C=CC(=O)N1CCCCCCCCCCC2CCC1CN(c1ccc(C(N)=O)c(Oc3ccc(Oc4ccccc4)cc3)n1)C2. The fraction of sp³-hybridized carbons (Fsp3) is 0.432. The summed E-state index contributed by atoms with van der Waals surface area (Å²) in [6.45, 7) is 6.03. The predicted octanol–water partition coefficient (Wildman–Crippen LogP) is 7.89. The topological polar surface area (TPSA) is 98.0 Å². The molecule has 0 saturated carbocycles. The number of carbonyl (C=O) groups excluding carboxylic acids is 2. The van der Waals surface area contributed by atoms with Gasteiger partial charge in [-0.15, -0.1) is 0 Å². The van der Waals surface area contributed by atoms with E-state index >= 15 is 0 Å². The van der Waals surface area contributed by atoms with Gasteiger partial charge in [-0.2, -0.15) is 4.98 Å². The number of pyridine rings is 1. The van der Waals surface area contributed by atoms with E-state index in [0.717, 1.165) is 50.9 Å². The molecule has 2 amide bonds. The molecule has 8 nitrogen and oxygen atoms in total. The Bertz CT molecular complexity index is 1410. The fourth-order valence-electron chi connectivity index (χ4n) is 6.48. The average Bonchev–Trinajstić information content (AvgIpc) is 3.27. The minimum Gasteiger partial charge on any atom is -0.457 e. The third-order valence-corrected chi connectivity index (χ3v) is 8.93. The Morgan fingerprint density at radius 2 is 1.40 bits per heavy atom. The number of para-hydroxylation sites is 1. The molecular formula is C37H46N4O4. The number of nitrogens with two attached hydrogens (primary N) is 1. The summed E-state index contributed by atoms with van der Waals surface area (Å²) in [6, 6.07) is 20.3. The lowest BCUT2D eigenvalue weighted by Crippen LogP contribution is -2.46. The normalized spacial score (nSPS) is 19.9. The molecule has 1 aromatic heterocycles. The van der Waals surface area contributed by atoms with Gasteiger partial charge in [-0.3, -0.25) is 9.59 Å². The minimum atomic E-state index is -0.608. The summed E-state index contributed by atoms with van der Waals surface area (Å²) in [5, 5.41) is 0. The molecule has 2 aromatic carbocycles. The first-order valence-electron chi connectivity index (χ1n) is 16.5. The zero-order valence-corrected chi connectivity index (χ0v) is 26.2. The fourth-order valence-corrected chi connectivity index (χ4v) is 6.48. The molecule has 5 rings (SSSR count). The van der Waals surface area contributed by atoms with E-state index in [9.17, 15) is 9.59 Å². The first kappa shape index (κ1) is 32.1. The molecule has 2 aliphatic heterocycles. The van der Waals surface area contributed by atoms with Crippen LogP contribution in [0.15, 0.2) is 79.4 Å². The number of hydrogen-bond donors (Lipinski definition) is 1. The van der Waals surface area contributed by atoms with Gasteiger partial charge < -0.3 is 25.0 Å². The lowest BCUT2D eigenvalue weighted by Gasteiger charge is -2.34. The van der Waals surface area contributed by atoms with Gasteiger partial charge in [0, 0.05) is 25.7 Å². The molecule has 0 radical (unpaired) electrons. The number of ether oxygens (including phenoxy) is 2. The van der Waals surface area contributed by atoms with Crippen molar-refractivity contribution >= 4 is 17.6 Å². The maximum Gasteiger partial charge on any atom is 0.254 e. The second kappa shape index (κ2) is 16.1. The Kier molecular flexibility index (Phi) is 11.5. The standard InChI is InChI=1S/C37H46N4O4/c1-2-35(42)41-25-13-8-6-4-3-5-7-10-14-28-17-18-29(41)27-40(26-28)34-24-23-33(36(38)43)37(39-34)45-32-21-19-31(20-22-32)44-30-15-11-9-12-16-30/h2,9,11-12,15-16,19-24,28-29H,1,3-8,10,13-14,17-18,25-27H2,(H2,38,43). The molecule has 2 bridgehead atoms. The molecule has 2 N–H and O–H groups in total. The van der Waals surface area contributed by atoms with E-state index in [2.05, 4.69) is 11.5 Å². The predicted molar refractivity (Wildman–Crippen MR) is 178 cm³/mol. The number of carbonyl (C=O) groups is 2. The van der Waals surface area contributed by atoms with Gasteiger partial charge in [0.1, 0.15) is 28.6 Å². The molecule has 45 heavy (non-hydrogen) atoms. The van der Waals surface area contributed by atoms with Crippen molar-refractivity contribution in [3.05, 3.63) is 84.9 Å². The van der Waals surface area contributed by atoms with Crippen molar-refractivity contribution in [2.45, 2.75) is 76.7 Å². The Labute approximate surface area is 267 Å². The van der Waals surface area contributed by atoms with Gasteiger partial charge in [-0.1, -0.05) is 69.7 Å². The van der Waals surface area contributed by atoms with Gasteiger partial charge in [0.15, 0.2) is 0 Å². The molecule has 2 unspecified atom stereocenters. The van der Waals surface area contributed by atoms with Crippen LogP contribution in [0.2, 0.25) is 0 Å². The summed E-state index contributed by atoms with van der Waals surface area (Å²) in [5.74, 6) is 2.66. The third-order valence-electron chi connectivity index (χ3n) is 8.93. The van der Waals surface area contributed by atoms with Gasteiger partial charge >= 0.3 is 0 Å². The van der Waals surface area contributed by atoms with E-state index in [1.807, 2.05) is 53.4 Å². The molecule has 3 heterocycles. The highest BCUT2D eigenvalue weighted by molar-refractivity contribution is 5.95. The lowest BCUT2D eigenvalue weighted by molar-refractivity contribution is -0.128. The summed E-state index contributed by atoms with van der Waals surface area (Å²) in [5.41, 5.74) is 5.96. The van der Waals surface area contributed by atoms with Crippen LogP contribution in [0.1, 0.15) is 81.0 Å². The highest BCUT2D eigenvalue weighted by Gasteiger charge is 2.31. The largest absolute Gasteiger partial charge is 0.457 e. The van der Waals surface area contributed by atoms with Crippen molar-refractivity contribution in [3.8, 4) is 23.1 Å². The van der Waals surface area contributed by atoms with Gasteiger partial charge in [0.25, 0.3) is 5.91 Å². The summed E-state index contributed by atoms with van der Waals surface area (Å²) in [6.07, 6.45) is 14.3. The van der Waals surface area contributed by atoms with Crippen molar-refractivity contribution in [2.24, 2.45) is 11.7 Å². The van der Waals surface area contributed by atoms with Crippen LogP contribution in [0.5, 0.6) is 23.1 Å². The molecule has 2 saturated heterocycles. The van der Waals surface area contributed by atoms with Gasteiger partial charge in [0.05, 0.1) is 0 Å². The molecule has 8 heteroatoms. The molecule has 0 spiro atoms. The van der Waals surface area contributed by atoms with E-state index in [1.165, 1.54) is 44.6 Å². The number of primary amides is 1. The highest BCUT2D eigenvalue weighted by Crippen LogP contribution is 2.32. The molecule has 2 fully saturated rings. The Morgan fingerprint density at radius 3 is 2.09 bits per heavy atom. The van der Waals surface area contributed by atoms with Crippen LogP contribution in [0.4, 0.5) is 5.82 Å². The number of hydrogen-bond acceptors (Lipinski definition) is 6. The third kappa shape index (κ3) is 9.10. The molecule has 2 aliphatic rings. The van der Waals surface area contributed by atoms with Crippen molar-refractivity contribution < 1.29 is 19.1 Å². The maximum absolute atomic E-state index is 13.1. The summed E-state index contributed by atoms with van der Waals surface area (Å²) >= 11 is 0. The van der Waals surface area contributed by atoms with Crippen molar-refractivity contribution in [1.29, 1.82) is 0 Å². The van der Waals surface area contributed by atoms with Gasteiger partial charge in [-0.05, 0) is 86.2 Å². The number of amides is 2. The Balaban J connectivity index is 1.39. The van der Waals surface area contributed by atoms with Crippen LogP contribution in [0.3, 0.4) is 0 Å². The molecular weight excluding hydrogens is 564 g/mol. The second-order valence-corrected chi connectivity index (χ2v) is 12.2. The lowest BCUT2D eigenvalue weighted by atomic mass is 9.95. The summed E-state index contributed by atoms with van der Waals surface area (Å²) < 4.78 is 12.1. The van der Waals surface area contributed by atoms with E-state index in [4.69, 9.17) is 20.2 Å². The molecule has 0 aliphatic carbocycles. The van der Waals surface area contributed by atoms with E-state index < -0.39 is 5.91 Å². The van der Waals surface area contributed by atoms with Gasteiger partial charge in [-0.25, -0.2) is 0 Å². The van der Waals surface area contributed by atoms with Crippen LogP contribution in [-0.4, -0.2) is 47.4 Å².